The van der Waals surface area contributed by atoms with Crippen molar-refractivity contribution >= 4 is 23.4 Å². The van der Waals surface area contributed by atoms with Crippen molar-refractivity contribution in [3.63, 3.8) is 0 Å². The Hall–Kier alpha value is -2.53. The van der Waals surface area contributed by atoms with Gasteiger partial charge in [-0.2, -0.15) is 0 Å². The normalized spacial score (nSPS) is 18.3. The molecule has 2 aliphatic rings. The van der Waals surface area contributed by atoms with Crippen LogP contribution in [0.4, 0.5) is 5.69 Å². The molecule has 170 valence electrons. The second kappa shape index (κ2) is 11.8. The highest BCUT2D eigenvalue weighted by atomic mass is 16.5. The first-order chi connectivity index (χ1) is 15.1. The van der Waals surface area contributed by atoms with Crippen LogP contribution in [-0.4, -0.2) is 86.6 Å². The average Bonchev–Trinajstić information content (AvgIpc) is 3.07. The second-order valence-corrected chi connectivity index (χ2v) is 7.26. The van der Waals surface area contributed by atoms with Crippen molar-refractivity contribution in [2.24, 2.45) is 0 Å². The van der Waals surface area contributed by atoms with E-state index in [2.05, 4.69) is 10.6 Å². The number of rotatable bonds is 13. The van der Waals surface area contributed by atoms with Gasteiger partial charge in [0.2, 0.25) is 11.8 Å². The molecule has 10 nitrogen and oxygen atoms in total. The minimum Gasteiger partial charge on any atom is -0.394 e. The second-order valence-electron chi connectivity index (χ2n) is 7.26. The molecule has 3 rings (SSSR count). The van der Waals surface area contributed by atoms with E-state index in [1.165, 1.54) is 4.90 Å². The van der Waals surface area contributed by atoms with Crippen molar-refractivity contribution in [3.8, 4) is 0 Å². The molecule has 10 heteroatoms. The summed E-state index contributed by atoms with van der Waals surface area (Å²) in [5.74, 6) is -0.881. The maximum absolute atomic E-state index is 12.7. The van der Waals surface area contributed by atoms with Crippen LogP contribution in [0.3, 0.4) is 0 Å². The van der Waals surface area contributed by atoms with E-state index in [1.807, 2.05) is 12.1 Å². The van der Waals surface area contributed by atoms with Crippen molar-refractivity contribution in [2.75, 3.05) is 58.1 Å². The number of aliphatic hydroxyl groups is 1. The predicted octanol–water partition coefficient (Wildman–Crippen LogP) is -0.0984. The number of carbonyl (C=O) groups excluding carboxylic acids is 3. The van der Waals surface area contributed by atoms with E-state index >= 15 is 0 Å². The summed E-state index contributed by atoms with van der Waals surface area (Å²) < 4.78 is 15.9. The van der Waals surface area contributed by atoms with Crippen LogP contribution in [0.5, 0.6) is 0 Å². The Morgan fingerprint density at radius 2 is 1.74 bits per heavy atom. The summed E-state index contributed by atoms with van der Waals surface area (Å²) in [5.41, 5.74) is 2.32. The molecule has 2 heterocycles. The fourth-order valence-electron chi connectivity index (χ4n) is 3.56. The quantitative estimate of drug-likeness (QED) is 0.290. The number of ether oxygens (including phenoxy) is 3. The number of imide groups is 1. The van der Waals surface area contributed by atoms with Crippen molar-refractivity contribution in [2.45, 2.75) is 25.4 Å². The third-order valence-corrected chi connectivity index (χ3v) is 5.08. The fraction of sp³-hybridized carbons (Fsp3) is 0.571. The lowest BCUT2D eigenvalue weighted by atomic mass is 10.0. The number of nitrogens with one attached hydrogen (secondary N) is 2. The zero-order valence-corrected chi connectivity index (χ0v) is 17.4. The molecule has 3 amide bonds. The van der Waals surface area contributed by atoms with E-state index in [0.717, 1.165) is 11.3 Å². The third-order valence-electron chi connectivity index (χ3n) is 5.08. The Morgan fingerprint density at radius 3 is 2.45 bits per heavy atom. The summed E-state index contributed by atoms with van der Waals surface area (Å²) in [6, 6.07) is 4.90. The molecule has 3 N–H and O–H groups in total. The highest BCUT2D eigenvalue weighted by molar-refractivity contribution is 6.05. The lowest BCUT2D eigenvalue weighted by Gasteiger charge is -2.29. The van der Waals surface area contributed by atoms with Crippen molar-refractivity contribution in [1.82, 2.24) is 10.2 Å². The summed E-state index contributed by atoms with van der Waals surface area (Å²) in [6.07, 6.45) is 0.595. The Morgan fingerprint density at radius 1 is 1.03 bits per heavy atom. The van der Waals surface area contributed by atoms with Gasteiger partial charge in [-0.3, -0.25) is 19.7 Å². The van der Waals surface area contributed by atoms with E-state index in [1.54, 1.807) is 6.07 Å². The highest BCUT2D eigenvalue weighted by Crippen LogP contribution is 2.29. The van der Waals surface area contributed by atoms with Gasteiger partial charge in [-0.1, -0.05) is 0 Å². The Kier molecular flexibility index (Phi) is 8.77. The Labute approximate surface area is 180 Å². The molecule has 1 aromatic carbocycles. The van der Waals surface area contributed by atoms with Gasteiger partial charge >= 0.3 is 0 Å². The van der Waals surface area contributed by atoms with Crippen LogP contribution in [0.1, 0.15) is 28.8 Å². The first kappa shape index (κ1) is 23.1. The number of hydrogen-bond acceptors (Lipinski definition) is 8. The lowest BCUT2D eigenvalue weighted by molar-refractivity contribution is -0.136. The van der Waals surface area contributed by atoms with Crippen LogP contribution < -0.4 is 10.6 Å². The summed E-state index contributed by atoms with van der Waals surface area (Å²) >= 11 is 0. The van der Waals surface area contributed by atoms with Crippen molar-refractivity contribution in [3.05, 3.63) is 29.3 Å². The Bertz CT molecular complexity index is 786. The minimum atomic E-state index is -0.606. The number of benzene rings is 1. The van der Waals surface area contributed by atoms with Crippen LogP contribution in [0.25, 0.3) is 0 Å². The summed E-state index contributed by atoms with van der Waals surface area (Å²) in [6.45, 7) is 3.64. The summed E-state index contributed by atoms with van der Waals surface area (Å²) in [4.78, 5) is 37.7. The van der Waals surface area contributed by atoms with Gasteiger partial charge in [-0.25, -0.2) is 0 Å². The molecule has 1 aromatic rings. The number of piperidine rings is 1. The molecule has 0 spiro atoms. The number of amides is 3. The van der Waals surface area contributed by atoms with E-state index in [9.17, 15) is 14.4 Å². The maximum Gasteiger partial charge on any atom is 0.255 e. The average molecular weight is 435 g/mol. The van der Waals surface area contributed by atoms with Gasteiger partial charge < -0.3 is 29.5 Å². The lowest BCUT2D eigenvalue weighted by Crippen LogP contribution is -2.52. The molecular formula is C21H29N3O7. The van der Waals surface area contributed by atoms with Gasteiger partial charge in [0.25, 0.3) is 5.91 Å². The van der Waals surface area contributed by atoms with E-state index < -0.39 is 11.9 Å². The standard InChI is InChI=1S/C21H29N3O7/c25-6-8-30-10-12-31-11-9-29-7-5-22-16-1-2-17-15(13-16)14-24(21(17)28)18-3-4-19(26)23-20(18)27/h1-2,13,18,22,25H,3-12,14H2,(H,23,26,27). The number of aliphatic hydroxyl groups excluding tert-OH is 1. The molecular weight excluding hydrogens is 406 g/mol. The van der Waals surface area contributed by atoms with Crippen LogP contribution in [0.15, 0.2) is 18.2 Å². The van der Waals surface area contributed by atoms with Gasteiger partial charge in [0, 0.05) is 30.8 Å². The minimum absolute atomic E-state index is 0.00866. The fourth-order valence-corrected chi connectivity index (χ4v) is 3.56. The largest absolute Gasteiger partial charge is 0.394 e. The molecule has 2 aliphatic heterocycles. The Balaban J connectivity index is 1.36. The topological polar surface area (TPSA) is 126 Å². The molecule has 1 unspecified atom stereocenters. The SMILES string of the molecule is O=C1CCC(N2Cc3cc(NCCOCCOCCOCCO)ccc3C2=O)C(=O)N1. The molecule has 1 atom stereocenters. The zero-order valence-electron chi connectivity index (χ0n) is 17.4. The highest BCUT2D eigenvalue weighted by Gasteiger charge is 2.39. The van der Waals surface area contributed by atoms with E-state index in [4.69, 9.17) is 19.3 Å². The van der Waals surface area contributed by atoms with Gasteiger partial charge in [0.1, 0.15) is 6.04 Å². The number of nitrogens with zero attached hydrogens (tertiary/aromatic N) is 1. The molecule has 0 aliphatic carbocycles. The van der Waals surface area contributed by atoms with Crippen LogP contribution >= 0.6 is 0 Å². The number of hydrogen-bond donors (Lipinski definition) is 3. The van der Waals surface area contributed by atoms with Crippen LogP contribution in [-0.2, 0) is 30.3 Å². The number of anilines is 1. The first-order valence-corrected chi connectivity index (χ1v) is 10.5. The number of fused-ring (bicyclic) bond motifs is 1. The smallest absolute Gasteiger partial charge is 0.255 e. The maximum atomic E-state index is 12.7. The zero-order chi connectivity index (χ0) is 22.1. The number of carbonyl (C=O) groups is 3. The molecule has 0 aromatic heterocycles. The van der Waals surface area contributed by atoms with E-state index in [0.29, 0.717) is 64.7 Å². The molecule has 1 fully saturated rings. The van der Waals surface area contributed by atoms with E-state index in [-0.39, 0.29) is 24.8 Å². The van der Waals surface area contributed by atoms with Crippen LogP contribution in [0, 0.1) is 0 Å². The van der Waals surface area contributed by atoms with Crippen molar-refractivity contribution < 1.29 is 33.7 Å². The van der Waals surface area contributed by atoms with Crippen LogP contribution in [0.2, 0.25) is 0 Å². The monoisotopic (exact) mass is 435 g/mol. The van der Waals surface area contributed by atoms with Gasteiger partial charge in [0.15, 0.2) is 0 Å². The molecule has 0 bridgehead atoms. The van der Waals surface area contributed by atoms with Crippen molar-refractivity contribution in [1.29, 1.82) is 0 Å². The predicted molar refractivity (Wildman–Crippen MR) is 111 cm³/mol. The molecule has 31 heavy (non-hydrogen) atoms. The molecule has 0 radical (unpaired) electrons. The summed E-state index contributed by atoms with van der Waals surface area (Å²) in [5, 5.41) is 14.1. The molecule has 0 saturated carbocycles. The van der Waals surface area contributed by atoms with Gasteiger partial charge in [-0.15, -0.1) is 0 Å². The van der Waals surface area contributed by atoms with Gasteiger partial charge in [-0.05, 0) is 30.2 Å². The van der Waals surface area contributed by atoms with Gasteiger partial charge in [0.05, 0.1) is 46.2 Å². The first-order valence-electron chi connectivity index (χ1n) is 10.5. The third kappa shape index (κ3) is 6.47. The summed E-state index contributed by atoms with van der Waals surface area (Å²) in [7, 11) is 0. The molecule has 1 saturated heterocycles.